The quantitative estimate of drug-likeness (QED) is 0.536. The zero-order chi connectivity index (χ0) is 19.9. The lowest BCUT2D eigenvalue weighted by Crippen LogP contribution is -2.31. The van der Waals surface area contributed by atoms with Gasteiger partial charge in [-0.25, -0.2) is 20.1 Å². The number of imidazole rings is 1. The molecular formula is C17H19N5O5S. The highest BCUT2D eigenvalue weighted by molar-refractivity contribution is 7.84. The average Bonchev–Trinajstić information content (AvgIpc) is 3.22. The topological polar surface area (TPSA) is 153 Å². The SMILES string of the molecule is NS(=O)(=O)OC[C@H]1C[C@@H](n2cnc3c(-c4ccccc4)ncnc32)[C@H](O)[C@@H]1O. The van der Waals surface area contributed by atoms with Crippen molar-refractivity contribution < 1.29 is 22.8 Å². The van der Waals surface area contributed by atoms with Crippen LogP contribution < -0.4 is 5.14 Å². The van der Waals surface area contributed by atoms with Gasteiger partial charge >= 0.3 is 10.3 Å². The number of benzene rings is 1. The zero-order valence-electron chi connectivity index (χ0n) is 14.7. The van der Waals surface area contributed by atoms with Crippen LogP contribution in [0.15, 0.2) is 43.0 Å². The Balaban J connectivity index is 1.66. The molecule has 4 N–H and O–H groups in total. The summed E-state index contributed by atoms with van der Waals surface area (Å²) < 4.78 is 28.3. The standard InChI is InChI=1S/C17H19N5O5S/c18-28(25,26)27-7-11-6-12(16(24)15(11)23)22-9-21-14-13(19-8-20-17(14)22)10-4-2-1-3-5-10/h1-5,8-9,11-12,15-16,23-24H,6-7H2,(H2,18,25,26)/t11-,12-,15-,16+/m1/s1. The smallest absolute Gasteiger partial charge is 0.333 e. The first-order valence-electron chi connectivity index (χ1n) is 8.61. The second-order valence-electron chi connectivity index (χ2n) is 6.73. The van der Waals surface area contributed by atoms with Gasteiger partial charge in [-0.3, -0.25) is 4.18 Å². The number of hydrogen-bond acceptors (Lipinski definition) is 8. The second kappa shape index (κ2) is 7.18. The number of rotatable bonds is 5. The average molecular weight is 405 g/mol. The van der Waals surface area contributed by atoms with Gasteiger partial charge in [-0.15, -0.1) is 0 Å². The van der Waals surface area contributed by atoms with Gasteiger partial charge in [0.1, 0.15) is 23.6 Å². The minimum atomic E-state index is -4.13. The van der Waals surface area contributed by atoms with Crippen LogP contribution in [0.25, 0.3) is 22.4 Å². The molecule has 11 heteroatoms. The Morgan fingerprint density at radius 1 is 1.14 bits per heavy atom. The maximum absolute atomic E-state index is 11.0. The van der Waals surface area contributed by atoms with Crippen LogP contribution in [0, 0.1) is 5.92 Å². The van der Waals surface area contributed by atoms with E-state index in [-0.39, 0.29) is 13.0 Å². The van der Waals surface area contributed by atoms with Gasteiger partial charge in [0, 0.05) is 11.5 Å². The summed E-state index contributed by atoms with van der Waals surface area (Å²) in [5, 5.41) is 25.6. The largest absolute Gasteiger partial charge is 0.390 e. The molecule has 148 valence electrons. The van der Waals surface area contributed by atoms with Crippen molar-refractivity contribution in [3.05, 3.63) is 43.0 Å². The van der Waals surface area contributed by atoms with E-state index in [1.165, 1.54) is 12.7 Å². The van der Waals surface area contributed by atoms with E-state index in [0.29, 0.717) is 16.9 Å². The zero-order valence-corrected chi connectivity index (χ0v) is 15.5. The first kappa shape index (κ1) is 18.9. The highest BCUT2D eigenvalue weighted by Gasteiger charge is 2.43. The fourth-order valence-electron chi connectivity index (χ4n) is 3.62. The predicted octanol–water partition coefficient (Wildman–Crippen LogP) is -0.00380. The van der Waals surface area contributed by atoms with Gasteiger partial charge in [0.2, 0.25) is 0 Å². The monoisotopic (exact) mass is 405 g/mol. The second-order valence-corrected chi connectivity index (χ2v) is 7.96. The summed E-state index contributed by atoms with van der Waals surface area (Å²) in [5.74, 6) is -0.605. The molecule has 0 unspecified atom stereocenters. The Kier molecular flexibility index (Phi) is 4.85. The molecule has 28 heavy (non-hydrogen) atoms. The third-order valence-electron chi connectivity index (χ3n) is 4.98. The van der Waals surface area contributed by atoms with Crippen molar-refractivity contribution in [2.24, 2.45) is 11.1 Å². The maximum Gasteiger partial charge on any atom is 0.333 e. The molecule has 4 rings (SSSR count). The minimum absolute atomic E-state index is 0.272. The van der Waals surface area contributed by atoms with Crippen LogP contribution in [0.1, 0.15) is 12.5 Å². The number of aliphatic hydroxyl groups is 2. The molecule has 3 aromatic rings. The normalized spacial score (nSPS) is 25.4. The lowest BCUT2D eigenvalue weighted by Gasteiger charge is -2.18. The van der Waals surface area contributed by atoms with Gasteiger partial charge < -0.3 is 14.8 Å². The molecule has 0 aliphatic heterocycles. The van der Waals surface area contributed by atoms with Crippen molar-refractivity contribution in [1.82, 2.24) is 19.5 Å². The van der Waals surface area contributed by atoms with Crippen LogP contribution in [0.2, 0.25) is 0 Å². The van der Waals surface area contributed by atoms with Crippen molar-refractivity contribution in [1.29, 1.82) is 0 Å². The molecule has 1 aromatic carbocycles. The fourth-order valence-corrected chi connectivity index (χ4v) is 3.99. The Morgan fingerprint density at radius 3 is 2.61 bits per heavy atom. The third-order valence-corrected chi connectivity index (χ3v) is 5.45. The summed E-state index contributed by atoms with van der Waals surface area (Å²) in [6.45, 7) is -0.315. The Hall–Kier alpha value is -2.44. The number of nitrogens with zero attached hydrogens (tertiary/aromatic N) is 4. The fraction of sp³-hybridized carbons (Fsp3) is 0.353. The maximum atomic E-state index is 11.0. The highest BCUT2D eigenvalue weighted by Crippen LogP contribution is 2.37. The summed E-state index contributed by atoms with van der Waals surface area (Å²) in [5.41, 5.74) is 2.62. The van der Waals surface area contributed by atoms with E-state index in [4.69, 9.17) is 5.14 Å². The molecule has 0 radical (unpaired) electrons. The molecule has 0 bridgehead atoms. The van der Waals surface area contributed by atoms with Crippen LogP contribution in [0.4, 0.5) is 0 Å². The number of aliphatic hydroxyl groups excluding tert-OH is 2. The molecule has 0 saturated heterocycles. The summed E-state index contributed by atoms with van der Waals surface area (Å²) in [7, 11) is -4.13. The van der Waals surface area contributed by atoms with Crippen LogP contribution in [-0.4, -0.2) is 57.0 Å². The van der Waals surface area contributed by atoms with E-state index in [1.807, 2.05) is 30.3 Å². The minimum Gasteiger partial charge on any atom is -0.390 e. The summed E-state index contributed by atoms with van der Waals surface area (Å²) in [6, 6.07) is 8.97. The van der Waals surface area contributed by atoms with Crippen LogP contribution in [-0.2, 0) is 14.5 Å². The van der Waals surface area contributed by atoms with E-state index < -0.39 is 34.5 Å². The predicted molar refractivity (Wildman–Crippen MR) is 99.0 cm³/mol. The Morgan fingerprint density at radius 2 is 1.89 bits per heavy atom. The van der Waals surface area contributed by atoms with E-state index >= 15 is 0 Å². The van der Waals surface area contributed by atoms with Gasteiger partial charge in [-0.1, -0.05) is 30.3 Å². The van der Waals surface area contributed by atoms with Gasteiger partial charge in [0.05, 0.1) is 25.1 Å². The molecule has 0 spiro atoms. The molecule has 2 aromatic heterocycles. The van der Waals surface area contributed by atoms with E-state index in [2.05, 4.69) is 19.1 Å². The van der Waals surface area contributed by atoms with Gasteiger partial charge in [-0.05, 0) is 6.42 Å². The van der Waals surface area contributed by atoms with Crippen LogP contribution in [0.3, 0.4) is 0 Å². The van der Waals surface area contributed by atoms with Crippen molar-refractivity contribution in [2.75, 3.05) is 6.61 Å². The van der Waals surface area contributed by atoms with Crippen LogP contribution in [0.5, 0.6) is 0 Å². The van der Waals surface area contributed by atoms with Crippen molar-refractivity contribution in [3.8, 4) is 11.3 Å². The van der Waals surface area contributed by atoms with Crippen molar-refractivity contribution >= 4 is 21.5 Å². The molecule has 0 amide bonds. The molecule has 1 fully saturated rings. The summed E-state index contributed by atoms with van der Waals surface area (Å²) in [6.07, 6.45) is 0.923. The molecule has 1 aliphatic carbocycles. The highest BCUT2D eigenvalue weighted by atomic mass is 32.2. The number of fused-ring (bicyclic) bond motifs is 1. The van der Waals surface area contributed by atoms with Crippen LogP contribution >= 0.6 is 0 Å². The molecule has 1 aliphatic rings. The van der Waals surface area contributed by atoms with E-state index in [1.54, 1.807) is 4.57 Å². The molecule has 4 atom stereocenters. The third kappa shape index (κ3) is 3.50. The van der Waals surface area contributed by atoms with E-state index in [0.717, 1.165) is 5.56 Å². The van der Waals surface area contributed by atoms with Gasteiger partial charge in [0.15, 0.2) is 5.65 Å². The molecular weight excluding hydrogens is 386 g/mol. The van der Waals surface area contributed by atoms with Gasteiger partial charge in [-0.2, -0.15) is 8.42 Å². The van der Waals surface area contributed by atoms with E-state index in [9.17, 15) is 18.6 Å². The first-order valence-corrected chi connectivity index (χ1v) is 10.1. The first-order chi connectivity index (χ1) is 13.3. The molecule has 2 heterocycles. The summed E-state index contributed by atoms with van der Waals surface area (Å²) >= 11 is 0. The lowest BCUT2D eigenvalue weighted by atomic mass is 10.1. The van der Waals surface area contributed by atoms with Gasteiger partial charge in [0.25, 0.3) is 0 Å². The number of nitrogens with two attached hydrogens (primary N) is 1. The summed E-state index contributed by atoms with van der Waals surface area (Å²) in [4.78, 5) is 13.0. The Bertz CT molecular complexity index is 1090. The number of aromatic nitrogens is 4. The Labute approximate surface area is 160 Å². The molecule has 10 nitrogen and oxygen atoms in total. The molecule has 1 saturated carbocycles. The number of hydrogen-bond donors (Lipinski definition) is 3. The van der Waals surface area contributed by atoms with Crippen molar-refractivity contribution in [3.63, 3.8) is 0 Å². The van der Waals surface area contributed by atoms with Crippen molar-refractivity contribution in [2.45, 2.75) is 24.7 Å². The lowest BCUT2D eigenvalue weighted by molar-refractivity contribution is -0.000990.